The highest BCUT2D eigenvalue weighted by Crippen LogP contribution is 2.27. The Balaban J connectivity index is 1.92. The zero-order valence-corrected chi connectivity index (χ0v) is 11.8. The molecule has 4 nitrogen and oxygen atoms in total. The van der Waals surface area contributed by atoms with E-state index >= 15 is 0 Å². The standard InChI is InChI=1S/C16H18N2O2/c1-3-9-19-16-6-4-5-15-14(16)7-8-18(15)11-13-10-12(2)17-20-13/h4-8,10H,3,9,11H2,1-2H3. The van der Waals surface area contributed by atoms with Gasteiger partial charge in [-0.15, -0.1) is 0 Å². The molecule has 0 fully saturated rings. The van der Waals surface area contributed by atoms with Gasteiger partial charge >= 0.3 is 0 Å². The predicted molar refractivity (Wildman–Crippen MR) is 78.1 cm³/mol. The zero-order valence-electron chi connectivity index (χ0n) is 11.8. The third-order valence-electron chi connectivity index (χ3n) is 3.24. The van der Waals surface area contributed by atoms with E-state index < -0.39 is 0 Å². The summed E-state index contributed by atoms with van der Waals surface area (Å²) in [6.45, 7) is 5.46. The molecule has 0 saturated heterocycles. The average Bonchev–Trinajstić information content (AvgIpc) is 3.04. The summed E-state index contributed by atoms with van der Waals surface area (Å²) < 4.78 is 13.2. The van der Waals surface area contributed by atoms with Crippen molar-refractivity contribution < 1.29 is 9.26 Å². The lowest BCUT2D eigenvalue weighted by molar-refractivity contribution is 0.321. The van der Waals surface area contributed by atoms with Crippen LogP contribution in [-0.4, -0.2) is 16.3 Å². The molecule has 0 amide bonds. The molecule has 104 valence electrons. The van der Waals surface area contributed by atoms with E-state index in [1.165, 1.54) is 0 Å². The topological polar surface area (TPSA) is 40.2 Å². The molecular formula is C16H18N2O2. The van der Waals surface area contributed by atoms with E-state index in [4.69, 9.17) is 9.26 Å². The fourth-order valence-electron chi connectivity index (χ4n) is 2.33. The van der Waals surface area contributed by atoms with E-state index in [-0.39, 0.29) is 0 Å². The minimum absolute atomic E-state index is 0.682. The van der Waals surface area contributed by atoms with Crippen molar-refractivity contribution in [1.29, 1.82) is 0 Å². The van der Waals surface area contributed by atoms with Crippen molar-refractivity contribution in [3.63, 3.8) is 0 Å². The van der Waals surface area contributed by atoms with Crippen LogP contribution in [-0.2, 0) is 6.54 Å². The van der Waals surface area contributed by atoms with Crippen LogP contribution >= 0.6 is 0 Å². The van der Waals surface area contributed by atoms with Crippen molar-refractivity contribution in [2.45, 2.75) is 26.8 Å². The van der Waals surface area contributed by atoms with Crippen LogP contribution in [0.2, 0.25) is 0 Å². The Bertz CT molecular complexity index is 712. The molecule has 0 spiro atoms. The van der Waals surface area contributed by atoms with Crippen LogP contribution < -0.4 is 4.74 Å². The molecule has 0 N–H and O–H groups in total. The number of benzene rings is 1. The van der Waals surface area contributed by atoms with Gasteiger partial charge in [-0.1, -0.05) is 18.1 Å². The van der Waals surface area contributed by atoms with E-state index in [1.54, 1.807) is 0 Å². The van der Waals surface area contributed by atoms with E-state index in [0.29, 0.717) is 6.54 Å². The first kappa shape index (κ1) is 12.8. The molecule has 2 heterocycles. The molecule has 0 aliphatic heterocycles. The smallest absolute Gasteiger partial charge is 0.156 e. The van der Waals surface area contributed by atoms with Crippen LogP contribution in [0.15, 0.2) is 41.1 Å². The molecule has 0 atom stereocenters. The van der Waals surface area contributed by atoms with E-state index in [2.05, 4.69) is 35.0 Å². The molecule has 0 bridgehead atoms. The zero-order chi connectivity index (χ0) is 13.9. The summed E-state index contributed by atoms with van der Waals surface area (Å²) in [7, 11) is 0. The summed E-state index contributed by atoms with van der Waals surface area (Å²) in [5.41, 5.74) is 2.05. The second kappa shape index (κ2) is 5.41. The first-order valence-corrected chi connectivity index (χ1v) is 6.91. The summed E-state index contributed by atoms with van der Waals surface area (Å²) in [5.74, 6) is 1.80. The van der Waals surface area contributed by atoms with Crippen molar-refractivity contribution in [2.24, 2.45) is 0 Å². The first-order chi connectivity index (χ1) is 9.78. The lowest BCUT2D eigenvalue weighted by Gasteiger charge is -2.07. The molecule has 0 aliphatic carbocycles. The van der Waals surface area contributed by atoms with Gasteiger partial charge < -0.3 is 13.8 Å². The number of hydrogen-bond acceptors (Lipinski definition) is 3. The van der Waals surface area contributed by atoms with Gasteiger partial charge in [-0.05, 0) is 31.5 Å². The minimum atomic E-state index is 0.682. The highest BCUT2D eigenvalue weighted by molar-refractivity contribution is 5.86. The van der Waals surface area contributed by atoms with Crippen LogP contribution in [0.5, 0.6) is 5.75 Å². The van der Waals surface area contributed by atoms with E-state index in [9.17, 15) is 0 Å². The van der Waals surface area contributed by atoms with Crippen molar-refractivity contribution in [2.75, 3.05) is 6.61 Å². The van der Waals surface area contributed by atoms with Crippen LogP contribution in [0.1, 0.15) is 24.8 Å². The number of fused-ring (bicyclic) bond motifs is 1. The Morgan fingerprint density at radius 3 is 2.95 bits per heavy atom. The van der Waals surface area contributed by atoms with Crippen molar-refractivity contribution in [1.82, 2.24) is 9.72 Å². The fraction of sp³-hybridized carbons (Fsp3) is 0.312. The Morgan fingerprint density at radius 1 is 1.30 bits per heavy atom. The van der Waals surface area contributed by atoms with Gasteiger partial charge in [0.2, 0.25) is 0 Å². The van der Waals surface area contributed by atoms with Crippen molar-refractivity contribution >= 4 is 10.9 Å². The second-order valence-electron chi connectivity index (χ2n) is 4.92. The lowest BCUT2D eigenvalue weighted by Crippen LogP contribution is -1.98. The van der Waals surface area contributed by atoms with Gasteiger partial charge in [-0.3, -0.25) is 0 Å². The third-order valence-corrected chi connectivity index (χ3v) is 3.24. The summed E-state index contributed by atoms with van der Waals surface area (Å²) in [6.07, 6.45) is 3.07. The van der Waals surface area contributed by atoms with Gasteiger partial charge in [0.15, 0.2) is 5.76 Å². The molecule has 0 saturated carbocycles. The first-order valence-electron chi connectivity index (χ1n) is 6.91. The van der Waals surface area contributed by atoms with Gasteiger partial charge in [-0.2, -0.15) is 0 Å². The van der Waals surface area contributed by atoms with Crippen molar-refractivity contribution in [3.05, 3.63) is 48.0 Å². The quantitative estimate of drug-likeness (QED) is 0.708. The summed E-state index contributed by atoms with van der Waals surface area (Å²) in [6, 6.07) is 10.2. The monoisotopic (exact) mass is 270 g/mol. The molecule has 20 heavy (non-hydrogen) atoms. The SMILES string of the molecule is CCCOc1cccc2c1ccn2Cc1cc(C)no1. The number of nitrogens with zero attached hydrogens (tertiary/aromatic N) is 2. The third kappa shape index (κ3) is 2.41. The number of ether oxygens (including phenoxy) is 1. The largest absolute Gasteiger partial charge is 0.493 e. The number of aromatic nitrogens is 2. The average molecular weight is 270 g/mol. The molecule has 4 heteroatoms. The van der Waals surface area contributed by atoms with E-state index in [1.807, 2.05) is 25.1 Å². The predicted octanol–water partition coefficient (Wildman–Crippen LogP) is 3.77. The van der Waals surface area contributed by atoms with Gasteiger partial charge in [0.25, 0.3) is 0 Å². The Morgan fingerprint density at radius 2 is 2.20 bits per heavy atom. The van der Waals surface area contributed by atoms with Crippen molar-refractivity contribution in [3.8, 4) is 5.75 Å². The van der Waals surface area contributed by atoms with Crippen LogP contribution in [0.25, 0.3) is 10.9 Å². The maximum absolute atomic E-state index is 5.79. The summed E-state index contributed by atoms with van der Waals surface area (Å²) in [4.78, 5) is 0. The van der Waals surface area contributed by atoms with Crippen LogP contribution in [0.3, 0.4) is 0 Å². The molecular weight excluding hydrogens is 252 g/mol. The molecule has 3 aromatic rings. The fourth-order valence-corrected chi connectivity index (χ4v) is 2.33. The van der Waals surface area contributed by atoms with E-state index in [0.717, 1.165) is 41.1 Å². The molecule has 1 aromatic carbocycles. The molecule has 0 aliphatic rings. The molecule has 2 aromatic heterocycles. The van der Waals surface area contributed by atoms with Gasteiger partial charge in [0, 0.05) is 17.6 Å². The summed E-state index contributed by atoms with van der Waals surface area (Å²) >= 11 is 0. The minimum Gasteiger partial charge on any atom is -0.493 e. The molecule has 0 radical (unpaired) electrons. The Labute approximate surface area is 117 Å². The maximum Gasteiger partial charge on any atom is 0.156 e. The van der Waals surface area contributed by atoms with Crippen LogP contribution in [0, 0.1) is 6.92 Å². The second-order valence-corrected chi connectivity index (χ2v) is 4.92. The highest BCUT2D eigenvalue weighted by atomic mass is 16.5. The molecule has 0 unspecified atom stereocenters. The maximum atomic E-state index is 5.79. The Hall–Kier alpha value is -2.23. The highest BCUT2D eigenvalue weighted by Gasteiger charge is 2.08. The van der Waals surface area contributed by atoms with Gasteiger partial charge in [0.05, 0.1) is 24.4 Å². The normalized spacial score (nSPS) is 11.1. The number of hydrogen-bond donors (Lipinski definition) is 0. The van der Waals surface area contributed by atoms with Crippen LogP contribution in [0.4, 0.5) is 0 Å². The van der Waals surface area contributed by atoms with Gasteiger partial charge in [-0.25, -0.2) is 0 Å². The summed E-state index contributed by atoms with van der Waals surface area (Å²) in [5, 5.41) is 5.06. The lowest BCUT2D eigenvalue weighted by atomic mass is 10.2. The van der Waals surface area contributed by atoms with Gasteiger partial charge in [0.1, 0.15) is 5.75 Å². The molecule has 3 rings (SSSR count). The Kier molecular flexibility index (Phi) is 3.46. The number of rotatable bonds is 5. The number of aryl methyl sites for hydroxylation is 1.